The van der Waals surface area contributed by atoms with Gasteiger partial charge in [0.2, 0.25) is 0 Å². The summed E-state index contributed by atoms with van der Waals surface area (Å²) in [6.07, 6.45) is 6.64. The van der Waals surface area contributed by atoms with Gasteiger partial charge >= 0.3 is 5.97 Å². The van der Waals surface area contributed by atoms with Crippen LogP contribution in [0.15, 0.2) is 24.4 Å². The first-order valence-corrected chi connectivity index (χ1v) is 5.24. The zero-order chi connectivity index (χ0) is 11.4. The summed E-state index contributed by atoms with van der Waals surface area (Å²) < 4.78 is 5.51. The predicted octanol–water partition coefficient (Wildman–Crippen LogP) is 1.97. The average molecular weight is 219 g/mol. The number of aliphatic carboxylic acids is 1. The molecule has 0 spiro atoms. The summed E-state index contributed by atoms with van der Waals surface area (Å²) >= 11 is 0. The first-order chi connectivity index (χ1) is 7.74. The second-order valence-electron chi connectivity index (χ2n) is 3.84. The first-order valence-electron chi connectivity index (χ1n) is 5.24. The Morgan fingerprint density at radius 1 is 1.56 bits per heavy atom. The van der Waals surface area contributed by atoms with Crippen LogP contribution in [-0.4, -0.2) is 22.7 Å². The number of carbonyl (C=O) groups is 1. The van der Waals surface area contributed by atoms with Crippen LogP contribution in [0.4, 0.5) is 0 Å². The topological polar surface area (TPSA) is 59.4 Å². The minimum Gasteiger partial charge on any atom is -0.492 e. The molecule has 0 radical (unpaired) electrons. The van der Waals surface area contributed by atoms with Crippen LogP contribution >= 0.6 is 0 Å². The van der Waals surface area contributed by atoms with Crippen LogP contribution in [0.25, 0.3) is 6.08 Å². The van der Waals surface area contributed by atoms with Crippen molar-refractivity contribution in [1.82, 2.24) is 4.98 Å². The molecular weight excluding hydrogens is 206 g/mol. The maximum absolute atomic E-state index is 10.3. The Kier molecular flexibility index (Phi) is 3.19. The molecule has 1 saturated carbocycles. The molecule has 4 nitrogen and oxygen atoms in total. The Balaban J connectivity index is 1.89. The number of pyridine rings is 1. The lowest BCUT2D eigenvalue weighted by Gasteiger charge is -2.03. The molecule has 0 bridgehead atoms. The highest BCUT2D eigenvalue weighted by Gasteiger charge is 2.21. The van der Waals surface area contributed by atoms with Gasteiger partial charge in [0.05, 0.1) is 18.5 Å². The number of rotatable bonds is 5. The zero-order valence-corrected chi connectivity index (χ0v) is 8.80. The van der Waals surface area contributed by atoms with Gasteiger partial charge in [-0.2, -0.15) is 0 Å². The number of hydrogen-bond acceptors (Lipinski definition) is 3. The molecule has 1 aromatic rings. The summed E-state index contributed by atoms with van der Waals surface area (Å²) in [5.74, 6) is 0.474. The van der Waals surface area contributed by atoms with Crippen molar-refractivity contribution in [2.24, 2.45) is 5.92 Å². The van der Waals surface area contributed by atoms with Gasteiger partial charge in [0.25, 0.3) is 0 Å². The zero-order valence-electron chi connectivity index (χ0n) is 8.80. The van der Waals surface area contributed by atoms with Crippen molar-refractivity contribution in [2.75, 3.05) is 6.61 Å². The fraction of sp³-hybridized carbons (Fsp3) is 0.333. The molecule has 0 saturated heterocycles. The van der Waals surface area contributed by atoms with E-state index in [4.69, 9.17) is 9.84 Å². The SMILES string of the molecule is O=C(O)C=Cc1ccc(OCC2CC2)cn1. The molecule has 0 aromatic carbocycles. The van der Waals surface area contributed by atoms with E-state index in [1.54, 1.807) is 18.3 Å². The Hall–Kier alpha value is -1.84. The molecule has 0 unspecified atom stereocenters. The summed E-state index contributed by atoms with van der Waals surface area (Å²) in [7, 11) is 0. The third-order valence-corrected chi connectivity index (χ3v) is 2.34. The van der Waals surface area contributed by atoms with Crippen LogP contribution in [0.1, 0.15) is 18.5 Å². The summed E-state index contributed by atoms with van der Waals surface area (Å²) in [6.45, 7) is 0.756. The maximum Gasteiger partial charge on any atom is 0.328 e. The van der Waals surface area contributed by atoms with E-state index >= 15 is 0 Å². The predicted molar refractivity (Wildman–Crippen MR) is 59.1 cm³/mol. The van der Waals surface area contributed by atoms with E-state index in [1.807, 2.05) is 0 Å². The van der Waals surface area contributed by atoms with E-state index in [9.17, 15) is 4.79 Å². The van der Waals surface area contributed by atoms with Crippen molar-refractivity contribution in [2.45, 2.75) is 12.8 Å². The highest BCUT2D eigenvalue weighted by molar-refractivity contribution is 5.84. The van der Waals surface area contributed by atoms with Gasteiger partial charge in [0.15, 0.2) is 0 Å². The molecule has 4 heteroatoms. The number of aromatic nitrogens is 1. The molecule has 1 aliphatic rings. The molecule has 0 atom stereocenters. The first kappa shape index (κ1) is 10.7. The number of ether oxygens (including phenoxy) is 1. The largest absolute Gasteiger partial charge is 0.492 e. The average Bonchev–Trinajstić information content (AvgIpc) is 3.09. The van der Waals surface area contributed by atoms with Gasteiger partial charge in [0.1, 0.15) is 5.75 Å². The van der Waals surface area contributed by atoms with Gasteiger partial charge in [0, 0.05) is 6.08 Å². The van der Waals surface area contributed by atoms with Crippen LogP contribution in [0.3, 0.4) is 0 Å². The Morgan fingerprint density at radius 3 is 2.94 bits per heavy atom. The van der Waals surface area contributed by atoms with Gasteiger partial charge in [-0.15, -0.1) is 0 Å². The molecule has 0 amide bonds. The third kappa shape index (κ3) is 3.38. The molecule has 1 aliphatic carbocycles. The number of hydrogen-bond donors (Lipinski definition) is 1. The lowest BCUT2D eigenvalue weighted by molar-refractivity contribution is -0.131. The summed E-state index contributed by atoms with van der Waals surface area (Å²) in [5, 5.41) is 8.44. The number of carboxylic acid groups (broad SMARTS) is 1. The van der Waals surface area contributed by atoms with Gasteiger partial charge in [-0.3, -0.25) is 4.98 Å². The van der Waals surface area contributed by atoms with Gasteiger partial charge in [-0.1, -0.05) is 0 Å². The Labute approximate surface area is 93.6 Å². The van der Waals surface area contributed by atoms with E-state index in [-0.39, 0.29) is 0 Å². The molecule has 1 fully saturated rings. The summed E-state index contributed by atoms with van der Waals surface area (Å²) in [6, 6.07) is 3.54. The molecule has 2 rings (SSSR count). The van der Waals surface area contributed by atoms with Crippen LogP contribution in [0.2, 0.25) is 0 Å². The maximum atomic E-state index is 10.3. The van der Waals surface area contributed by atoms with Crippen molar-refractivity contribution < 1.29 is 14.6 Å². The quantitative estimate of drug-likeness (QED) is 0.769. The molecule has 1 N–H and O–H groups in total. The standard InChI is InChI=1S/C12H13NO3/c14-12(15)6-4-10-3-5-11(7-13-10)16-8-9-1-2-9/h3-7,9H,1-2,8H2,(H,14,15). The second kappa shape index (κ2) is 4.79. The molecule has 0 aliphatic heterocycles. The molecule has 1 heterocycles. The Morgan fingerprint density at radius 2 is 2.38 bits per heavy atom. The fourth-order valence-electron chi connectivity index (χ4n) is 1.23. The van der Waals surface area contributed by atoms with E-state index in [2.05, 4.69) is 4.98 Å². The smallest absolute Gasteiger partial charge is 0.328 e. The van der Waals surface area contributed by atoms with E-state index in [0.29, 0.717) is 11.6 Å². The van der Waals surface area contributed by atoms with Crippen molar-refractivity contribution in [3.05, 3.63) is 30.1 Å². The fourth-order valence-corrected chi connectivity index (χ4v) is 1.23. The second-order valence-corrected chi connectivity index (χ2v) is 3.84. The van der Waals surface area contributed by atoms with E-state index < -0.39 is 5.97 Å². The van der Waals surface area contributed by atoms with Gasteiger partial charge in [-0.05, 0) is 37.0 Å². The van der Waals surface area contributed by atoms with Gasteiger partial charge in [-0.25, -0.2) is 4.79 Å². The van der Waals surface area contributed by atoms with Gasteiger partial charge < -0.3 is 9.84 Å². The van der Waals surface area contributed by atoms with Crippen molar-refractivity contribution in [1.29, 1.82) is 0 Å². The molecule has 16 heavy (non-hydrogen) atoms. The van der Waals surface area contributed by atoms with Crippen LogP contribution < -0.4 is 4.74 Å². The number of nitrogens with zero attached hydrogens (tertiary/aromatic N) is 1. The third-order valence-electron chi connectivity index (χ3n) is 2.34. The highest BCUT2D eigenvalue weighted by Crippen LogP contribution is 2.29. The van der Waals surface area contributed by atoms with Crippen molar-refractivity contribution >= 4 is 12.0 Å². The number of carboxylic acids is 1. The summed E-state index contributed by atoms with van der Waals surface area (Å²) in [5.41, 5.74) is 0.612. The summed E-state index contributed by atoms with van der Waals surface area (Å²) in [4.78, 5) is 14.4. The Bertz CT molecular complexity index is 393. The molecule has 1 aromatic heterocycles. The lowest BCUT2D eigenvalue weighted by atomic mass is 10.3. The minimum atomic E-state index is -0.976. The minimum absolute atomic E-state index is 0.612. The van der Waals surface area contributed by atoms with E-state index in [0.717, 1.165) is 18.4 Å². The lowest BCUT2D eigenvalue weighted by Crippen LogP contribution is -1.99. The monoisotopic (exact) mass is 219 g/mol. The van der Waals surface area contributed by atoms with Crippen LogP contribution in [0, 0.1) is 5.92 Å². The van der Waals surface area contributed by atoms with Crippen LogP contribution in [0.5, 0.6) is 5.75 Å². The molecule has 84 valence electrons. The van der Waals surface area contributed by atoms with Crippen molar-refractivity contribution in [3.63, 3.8) is 0 Å². The molecular formula is C12H13NO3. The highest BCUT2D eigenvalue weighted by atomic mass is 16.5. The van der Waals surface area contributed by atoms with Crippen molar-refractivity contribution in [3.8, 4) is 5.75 Å². The van der Waals surface area contributed by atoms with E-state index in [1.165, 1.54) is 18.9 Å². The van der Waals surface area contributed by atoms with Crippen LogP contribution in [-0.2, 0) is 4.79 Å². The normalized spacial score (nSPS) is 15.2.